The minimum absolute atomic E-state index is 0.523. The van der Waals surface area contributed by atoms with E-state index in [1.165, 1.54) is 25.7 Å². The molecule has 0 radical (unpaired) electrons. The van der Waals surface area contributed by atoms with Crippen LogP contribution in [-0.2, 0) is 0 Å². The molecule has 1 aromatic carbocycles. The van der Waals surface area contributed by atoms with Crippen molar-refractivity contribution in [3.63, 3.8) is 0 Å². The summed E-state index contributed by atoms with van der Waals surface area (Å²) in [4.78, 5) is 10.7. The maximum absolute atomic E-state index is 10.7. The number of nitrogens with two attached hydrogens (primary N) is 1. The topological polar surface area (TPSA) is 67.2 Å². The number of nitrogens with one attached hydrogen (secondary N) is 2. The van der Waals surface area contributed by atoms with E-state index in [0.29, 0.717) is 6.04 Å². The largest absolute Gasteiger partial charge is 0.382 e. The van der Waals surface area contributed by atoms with E-state index in [2.05, 4.69) is 24.5 Å². The van der Waals surface area contributed by atoms with E-state index >= 15 is 0 Å². The van der Waals surface area contributed by atoms with Gasteiger partial charge in [-0.25, -0.2) is 4.79 Å². The first-order valence-electron chi connectivity index (χ1n) is 6.58. The number of carbonyl (C=O) groups is 1. The van der Waals surface area contributed by atoms with Gasteiger partial charge in [0.1, 0.15) is 0 Å². The van der Waals surface area contributed by atoms with Crippen molar-refractivity contribution < 1.29 is 4.79 Å². The predicted molar refractivity (Wildman–Crippen MR) is 76.9 cm³/mol. The molecule has 0 aliphatic heterocycles. The number of primary amides is 1. The van der Waals surface area contributed by atoms with Crippen LogP contribution in [0.15, 0.2) is 24.3 Å². The van der Waals surface area contributed by atoms with Crippen molar-refractivity contribution in [2.45, 2.75) is 45.6 Å². The van der Waals surface area contributed by atoms with E-state index in [1.54, 1.807) is 0 Å². The van der Waals surface area contributed by atoms with Crippen LogP contribution in [0.1, 0.15) is 39.5 Å². The van der Waals surface area contributed by atoms with Gasteiger partial charge in [0.05, 0.1) is 0 Å². The van der Waals surface area contributed by atoms with Crippen molar-refractivity contribution in [2.24, 2.45) is 5.73 Å². The lowest BCUT2D eigenvalue weighted by Crippen LogP contribution is -2.20. The van der Waals surface area contributed by atoms with Crippen molar-refractivity contribution in [2.75, 3.05) is 10.6 Å². The zero-order valence-corrected chi connectivity index (χ0v) is 11.2. The van der Waals surface area contributed by atoms with Crippen LogP contribution >= 0.6 is 0 Å². The summed E-state index contributed by atoms with van der Waals surface area (Å²) in [5.41, 5.74) is 6.86. The van der Waals surface area contributed by atoms with Gasteiger partial charge < -0.3 is 16.4 Å². The second kappa shape index (κ2) is 7.58. The SMILES string of the molecule is CCCC(CCC)Nc1ccc(NC(N)=O)cc1. The molecule has 0 saturated heterocycles. The van der Waals surface area contributed by atoms with Crippen LogP contribution in [0.5, 0.6) is 0 Å². The number of hydrogen-bond acceptors (Lipinski definition) is 2. The smallest absolute Gasteiger partial charge is 0.316 e. The summed E-state index contributed by atoms with van der Waals surface area (Å²) >= 11 is 0. The van der Waals surface area contributed by atoms with Crippen molar-refractivity contribution in [3.8, 4) is 0 Å². The fourth-order valence-electron chi connectivity index (χ4n) is 2.01. The summed E-state index contributed by atoms with van der Waals surface area (Å²) in [5.74, 6) is 0. The molecule has 0 fully saturated rings. The van der Waals surface area contributed by atoms with Gasteiger partial charge in [-0.1, -0.05) is 26.7 Å². The summed E-state index contributed by atoms with van der Waals surface area (Å²) in [6, 6.07) is 7.61. The summed E-state index contributed by atoms with van der Waals surface area (Å²) in [5, 5.41) is 6.06. The molecule has 4 nitrogen and oxygen atoms in total. The molecule has 0 aliphatic carbocycles. The molecule has 0 heterocycles. The van der Waals surface area contributed by atoms with Gasteiger partial charge in [0.25, 0.3) is 0 Å². The average molecular weight is 249 g/mol. The zero-order chi connectivity index (χ0) is 13.4. The van der Waals surface area contributed by atoms with Crippen LogP contribution in [0.4, 0.5) is 16.2 Å². The van der Waals surface area contributed by atoms with E-state index < -0.39 is 6.03 Å². The minimum atomic E-state index is -0.537. The van der Waals surface area contributed by atoms with Gasteiger partial charge in [-0.15, -0.1) is 0 Å². The van der Waals surface area contributed by atoms with Gasteiger partial charge in [-0.2, -0.15) is 0 Å². The first kappa shape index (κ1) is 14.4. The van der Waals surface area contributed by atoms with E-state index in [9.17, 15) is 4.79 Å². The fraction of sp³-hybridized carbons (Fsp3) is 0.500. The lowest BCUT2D eigenvalue weighted by atomic mass is 10.1. The second-order valence-corrected chi connectivity index (χ2v) is 4.49. The van der Waals surface area contributed by atoms with Gasteiger partial charge in [0.15, 0.2) is 0 Å². The minimum Gasteiger partial charge on any atom is -0.382 e. The van der Waals surface area contributed by atoms with Crippen molar-refractivity contribution in [3.05, 3.63) is 24.3 Å². The van der Waals surface area contributed by atoms with Gasteiger partial charge >= 0.3 is 6.03 Å². The number of hydrogen-bond donors (Lipinski definition) is 3. The maximum Gasteiger partial charge on any atom is 0.316 e. The molecule has 0 spiro atoms. The number of amides is 2. The summed E-state index contributed by atoms with van der Waals surface area (Å²) in [6.45, 7) is 4.40. The molecule has 0 bridgehead atoms. The third-order valence-corrected chi connectivity index (χ3v) is 2.80. The summed E-state index contributed by atoms with van der Waals surface area (Å²) in [7, 11) is 0. The Balaban J connectivity index is 2.58. The number of benzene rings is 1. The Morgan fingerprint density at radius 1 is 1.11 bits per heavy atom. The molecule has 0 atom stereocenters. The summed E-state index contributed by atoms with van der Waals surface area (Å²) in [6.07, 6.45) is 4.71. The average Bonchev–Trinajstić information content (AvgIpc) is 2.31. The normalized spacial score (nSPS) is 10.4. The molecular formula is C14H23N3O. The summed E-state index contributed by atoms with van der Waals surface area (Å²) < 4.78 is 0. The molecule has 4 heteroatoms. The van der Waals surface area contributed by atoms with E-state index in [-0.39, 0.29) is 0 Å². The zero-order valence-electron chi connectivity index (χ0n) is 11.2. The number of rotatable bonds is 7. The molecular weight excluding hydrogens is 226 g/mol. The first-order valence-corrected chi connectivity index (χ1v) is 6.58. The van der Waals surface area contributed by atoms with Gasteiger partial charge in [0.2, 0.25) is 0 Å². The molecule has 0 aromatic heterocycles. The molecule has 18 heavy (non-hydrogen) atoms. The van der Waals surface area contributed by atoms with Crippen molar-refractivity contribution >= 4 is 17.4 Å². The van der Waals surface area contributed by atoms with Crippen LogP contribution in [0, 0.1) is 0 Å². The highest BCUT2D eigenvalue weighted by molar-refractivity contribution is 5.87. The van der Waals surface area contributed by atoms with Crippen LogP contribution in [0.3, 0.4) is 0 Å². The Bertz CT molecular complexity index is 356. The van der Waals surface area contributed by atoms with E-state index in [0.717, 1.165) is 11.4 Å². The monoisotopic (exact) mass is 249 g/mol. The molecule has 1 aromatic rings. The Kier molecular flexibility index (Phi) is 6.05. The molecule has 0 saturated carbocycles. The molecule has 0 aliphatic rings. The van der Waals surface area contributed by atoms with Gasteiger partial charge in [0, 0.05) is 17.4 Å². The molecule has 100 valence electrons. The van der Waals surface area contributed by atoms with E-state index in [4.69, 9.17) is 5.73 Å². The standard InChI is InChI=1S/C14H23N3O/c1-3-5-11(6-4-2)16-12-7-9-13(10-8-12)17-14(15)18/h7-11,16H,3-6H2,1-2H3,(H3,15,17,18). The Labute approximate surface area is 109 Å². The van der Waals surface area contributed by atoms with Gasteiger partial charge in [-0.3, -0.25) is 0 Å². The van der Waals surface area contributed by atoms with Crippen LogP contribution in [0.25, 0.3) is 0 Å². The van der Waals surface area contributed by atoms with Crippen LogP contribution in [0.2, 0.25) is 0 Å². The third-order valence-electron chi connectivity index (χ3n) is 2.80. The highest BCUT2D eigenvalue weighted by Crippen LogP contribution is 2.17. The highest BCUT2D eigenvalue weighted by atomic mass is 16.2. The number of anilines is 2. The Morgan fingerprint density at radius 2 is 1.61 bits per heavy atom. The first-order chi connectivity index (χ1) is 8.65. The van der Waals surface area contributed by atoms with E-state index in [1.807, 2.05) is 24.3 Å². The number of urea groups is 1. The fourth-order valence-corrected chi connectivity index (χ4v) is 2.01. The van der Waals surface area contributed by atoms with Crippen LogP contribution in [-0.4, -0.2) is 12.1 Å². The Hall–Kier alpha value is -1.71. The van der Waals surface area contributed by atoms with Crippen LogP contribution < -0.4 is 16.4 Å². The molecule has 0 unspecified atom stereocenters. The lowest BCUT2D eigenvalue weighted by Gasteiger charge is -2.18. The lowest BCUT2D eigenvalue weighted by molar-refractivity contribution is 0.259. The van der Waals surface area contributed by atoms with Crippen molar-refractivity contribution in [1.82, 2.24) is 0 Å². The predicted octanol–water partition coefficient (Wildman–Crippen LogP) is 3.56. The van der Waals surface area contributed by atoms with Crippen molar-refractivity contribution in [1.29, 1.82) is 0 Å². The second-order valence-electron chi connectivity index (χ2n) is 4.49. The quantitative estimate of drug-likeness (QED) is 0.691. The Morgan fingerprint density at radius 3 is 2.06 bits per heavy atom. The van der Waals surface area contributed by atoms with Gasteiger partial charge in [-0.05, 0) is 37.1 Å². The molecule has 2 amide bonds. The third kappa shape index (κ3) is 5.08. The number of carbonyl (C=O) groups excluding carboxylic acids is 1. The molecule has 4 N–H and O–H groups in total. The molecule has 1 rings (SSSR count). The maximum atomic E-state index is 10.7. The highest BCUT2D eigenvalue weighted by Gasteiger charge is 2.06.